The number of allylic oxidation sites excluding steroid dienone is 2. The molecule has 1 saturated heterocycles. The fraction of sp³-hybridized carbons (Fsp3) is 0.0600. The van der Waals surface area contributed by atoms with Crippen molar-refractivity contribution in [1.29, 1.82) is 0 Å². The van der Waals surface area contributed by atoms with Gasteiger partial charge < -0.3 is 18.7 Å². The number of fused-ring (bicyclic) bond motifs is 10. The summed E-state index contributed by atoms with van der Waals surface area (Å²) in [5, 5.41) is 16.3. The lowest BCUT2D eigenvalue weighted by molar-refractivity contribution is 0.341. The van der Waals surface area contributed by atoms with E-state index in [2.05, 4.69) is 199 Å². The monoisotopic (exact) mass is 731 g/mol. The van der Waals surface area contributed by atoms with E-state index in [0.717, 1.165) is 11.5 Å². The molecule has 3 unspecified atom stereocenters. The van der Waals surface area contributed by atoms with Gasteiger partial charge in [-0.05, 0) is 59.7 Å². The van der Waals surface area contributed by atoms with Gasteiger partial charge in [-0.2, -0.15) is 5.01 Å². The van der Waals surface area contributed by atoms with E-state index in [4.69, 9.17) is 4.99 Å². The van der Waals surface area contributed by atoms with Crippen LogP contribution in [0.1, 0.15) is 23.5 Å². The molecule has 14 rings (SSSR count). The van der Waals surface area contributed by atoms with Gasteiger partial charge in [0.15, 0.2) is 5.84 Å². The molecule has 0 bridgehead atoms. The third-order valence-electron chi connectivity index (χ3n) is 12.7. The number of nitrogens with zero attached hydrogens (tertiary/aromatic N) is 6. The minimum atomic E-state index is -0.0706. The highest BCUT2D eigenvalue weighted by molar-refractivity contribution is 6.34. The molecule has 0 saturated carbocycles. The van der Waals surface area contributed by atoms with Crippen LogP contribution in [-0.4, -0.2) is 35.8 Å². The molecule has 7 heterocycles. The van der Waals surface area contributed by atoms with Gasteiger partial charge in [-0.1, -0.05) is 121 Å². The fourth-order valence-electron chi connectivity index (χ4n) is 10.4. The summed E-state index contributed by atoms with van der Waals surface area (Å²) in [6.45, 7) is 0.659. The van der Waals surface area contributed by atoms with E-state index in [1.807, 2.05) is 0 Å². The maximum absolute atomic E-state index is 5.33. The number of hydrazine groups is 1. The van der Waals surface area contributed by atoms with E-state index in [1.165, 1.54) is 93.3 Å². The molecule has 0 spiro atoms. The molecule has 4 aromatic heterocycles. The van der Waals surface area contributed by atoms with Gasteiger partial charge in [0.2, 0.25) is 0 Å². The van der Waals surface area contributed by atoms with Crippen molar-refractivity contribution in [2.45, 2.75) is 12.3 Å². The molecule has 11 aromatic rings. The number of nitrogens with one attached hydrogen (secondary N) is 1. The molecule has 3 aliphatic rings. The molecule has 7 aromatic carbocycles. The largest absolute Gasteiger partial charge is 0.376 e. The van der Waals surface area contributed by atoms with Crippen molar-refractivity contribution in [3.8, 4) is 0 Å². The second kappa shape index (κ2) is 10.7. The van der Waals surface area contributed by atoms with Crippen molar-refractivity contribution in [2.75, 3.05) is 6.54 Å². The summed E-state index contributed by atoms with van der Waals surface area (Å²) in [7, 11) is 0. The number of dihydropyridines is 1. The summed E-state index contributed by atoms with van der Waals surface area (Å²) < 4.78 is 7.55. The summed E-state index contributed by atoms with van der Waals surface area (Å²) in [5.74, 6) is 0.983. The highest BCUT2D eigenvalue weighted by Gasteiger charge is 2.58. The van der Waals surface area contributed by atoms with Crippen LogP contribution in [0.4, 0.5) is 0 Å². The first-order chi connectivity index (χ1) is 28.3. The summed E-state index contributed by atoms with van der Waals surface area (Å²) in [4.78, 5) is 5.33. The van der Waals surface area contributed by atoms with E-state index in [9.17, 15) is 0 Å². The Morgan fingerprint density at radius 2 is 1.00 bits per heavy atom. The first kappa shape index (κ1) is 29.9. The smallest absolute Gasteiger partial charge is 0.166 e. The third kappa shape index (κ3) is 3.77. The van der Waals surface area contributed by atoms with Gasteiger partial charge >= 0.3 is 0 Å². The lowest BCUT2D eigenvalue weighted by atomic mass is 10.0. The predicted molar refractivity (Wildman–Crippen MR) is 232 cm³/mol. The fourth-order valence-corrected chi connectivity index (χ4v) is 10.4. The average molecular weight is 732 g/mol. The molecule has 0 amide bonds. The zero-order chi connectivity index (χ0) is 36.9. The van der Waals surface area contributed by atoms with Crippen molar-refractivity contribution in [3.05, 3.63) is 187 Å². The summed E-state index contributed by atoms with van der Waals surface area (Å²) in [6, 6.07) is 57.5. The van der Waals surface area contributed by atoms with E-state index < -0.39 is 0 Å². The zero-order valence-electron chi connectivity index (χ0n) is 30.7. The van der Waals surface area contributed by atoms with Gasteiger partial charge in [0, 0.05) is 38.0 Å². The molecule has 0 radical (unpaired) electrons. The maximum Gasteiger partial charge on any atom is 0.166 e. The number of benzene rings is 7. The number of rotatable bonds is 4. The Balaban J connectivity index is 1.04. The molecule has 268 valence electrons. The number of para-hydroxylation sites is 4. The predicted octanol–water partition coefficient (Wildman–Crippen LogP) is 11.0. The van der Waals surface area contributed by atoms with Crippen LogP contribution in [0, 0.1) is 0 Å². The third-order valence-corrected chi connectivity index (χ3v) is 12.7. The van der Waals surface area contributed by atoms with Gasteiger partial charge in [-0.3, -0.25) is 5.01 Å². The van der Waals surface area contributed by atoms with Gasteiger partial charge in [0.25, 0.3) is 0 Å². The Hall–Kier alpha value is -7.35. The van der Waals surface area contributed by atoms with Crippen molar-refractivity contribution in [1.82, 2.24) is 28.7 Å². The normalized spacial score (nSPS) is 19.4. The van der Waals surface area contributed by atoms with Crippen LogP contribution < -0.4 is 5.32 Å². The molecule has 3 atom stereocenters. The highest BCUT2D eigenvalue weighted by atomic mass is 15.9. The van der Waals surface area contributed by atoms with Crippen molar-refractivity contribution in [2.24, 2.45) is 4.99 Å². The van der Waals surface area contributed by atoms with Crippen molar-refractivity contribution >= 4 is 88.0 Å². The van der Waals surface area contributed by atoms with Crippen molar-refractivity contribution in [3.63, 3.8) is 0 Å². The molecular weight excluding hydrogens is 699 g/mol. The molecule has 1 N–H and O–H groups in total. The van der Waals surface area contributed by atoms with E-state index in [-0.39, 0.29) is 12.3 Å². The van der Waals surface area contributed by atoms with E-state index in [0.29, 0.717) is 6.54 Å². The molecule has 3 aliphatic heterocycles. The number of hydrogen-bond acceptors (Lipinski definition) is 4. The van der Waals surface area contributed by atoms with Crippen molar-refractivity contribution < 1.29 is 0 Å². The Morgan fingerprint density at radius 3 is 1.56 bits per heavy atom. The molecule has 7 heteroatoms. The second-order valence-corrected chi connectivity index (χ2v) is 15.6. The van der Waals surface area contributed by atoms with Gasteiger partial charge in [0.05, 0.1) is 56.4 Å². The van der Waals surface area contributed by atoms with E-state index >= 15 is 0 Å². The number of aliphatic imine (C=N–C) groups is 1. The highest BCUT2D eigenvalue weighted by Crippen LogP contribution is 2.54. The first-order valence-electron chi connectivity index (χ1n) is 19.8. The SMILES string of the molecule is C1=C(C2=NC(c3ccccc3)N3C(c4ccccc4)N23)NCC(n2c3ccc4c5ccccc5n5c6ccccc6n6c7ccccc7c7ccc2c(c3c45)c76)=C1. The van der Waals surface area contributed by atoms with Crippen LogP contribution in [-0.2, 0) is 0 Å². The summed E-state index contributed by atoms with van der Waals surface area (Å²) in [6.07, 6.45) is 4.62. The standard InChI is InChI=1S/C50H33N7/c1-3-13-30(14-4-1)48-52-49(57-50(56(48)57)31-15-5-2-6-16-31)37-26-23-32(29-51-37)53-42-27-24-35-33-17-7-9-19-38(33)54-40-21-11-12-22-41(40)55-39-20-10-8-18-34(39)36-25-28-43(53)45(47(36)55)44(42)46(35)54/h1-28,48,50-51H,29H2. The Bertz CT molecular complexity index is 3440. The topological polar surface area (TPSA) is 44.2 Å². The Morgan fingerprint density at radius 1 is 0.474 bits per heavy atom. The Labute approximate surface area is 326 Å². The summed E-state index contributed by atoms with van der Waals surface area (Å²) in [5.41, 5.74) is 14.4. The number of hydrogen-bond donors (Lipinski definition) is 1. The molecule has 0 aliphatic carbocycles. The quantitative estimate of drug-likeness (QED) is 0.183. The van der Waals surface area contributed by atoms with Gasteiger partial charge in [0.1, 0.15) is 12.3 Å². The lowest BCUT2D eigenvalue weighted by Crippen LogP contribution is -2.29. The van der Waals surface area contributed by atoms with Gasteiger partial charge in [-0.25, -0.2) is 4.99 Å². The molecule has 57 heavy (non-hydrogen) atoms. The Kier molecular flexibility index (Phi) is 5.62. The van der Waals surface area contributed by atoms with Crippen LogP contribution >= 0.6 is 0 Å². The first-order valence-corrected chi connectivity index (χ1v) is 19.8. The van der Waals surface area contributed by atoms with Crippen LogP contribution in [0.5, 0.6) is 0 Å². The zero-order valence-corrected chi connectivity index (χ0v) is 30.7. The van der Waals surface area contributed by atoms with Crippen LogP contribution in [0.2, 0.25) is 0 Å². The molecule has 1 fully saturated rings. The minimum Gasteiger partial charge on any atom is -0.376 e. The maximum atomic E-state index is 5.33. The average Bonchev–Trinajstić information content (AvgIpc) is 3.52. The lowest BCUT2D eigenvalue weighted by Gasteiger charge is -2.20. The van der Waals surface area contributed by atoms with Gasteiger partial charge in [-0.15, -0.1) is 0 Å². The van der Waals surface area contributed by atoms with Crippen LogP contribution in [0.3, 0.4) is 0 Å². The summed E-state index contributed by atoms with van der Waals surface area (Å²) >= 11 is 0. The van der Waals surface area contributed by atoms with E-state index in [1.54, 1.807) is 0 Å². The number of amidine groups is 1. The minimum absolute atomic E-state index is 0.0706. The molecule has 7 nitrogen and oxygen atoms in total. The number of aromatic nitrogens is 3. The van der Waals surface area contributed by atoms with Crippen LogP contribution in [0.15, 0.2) is 181 Å². The molecular formula is C50H33N7. The second-order valence-electron chi connectivity index (χ2n) is 15.6. The van der Waals surface area contributed by atoms with Crippen LogP contribution in [0.25, 0.3) is 82.1 Å².